The smallest absolute Gasteiger partial charge is 0.323 e. The Kier molecular flexibility index (Phi) is 17.7. The third kappa shape index (κ3) is 12.2. The van der Waals surface area contributed by atoms with E-state index in [0.717, 1.165) is 16.7 Å². The number of aryl methyl sites for hydroxylation is 1. The van der Waals surface area contributed by atoms with Crippen LogP contribution in [0.5, 0.6) is 0 Å². The lowest BCUT2D eigenvalue weighted by Crippen LogP contribution is -2.57. The molecule has 2 aliphatic rings. The number of nitrogens with zero attached hydrogens (tertiary/aromatic N) is 1. The number of phosphoric ester groups is 1. The summed E-state index contributed by atoms with van der Waals surface area (Å²) in [6.45, 7) is 13.9. The number of aliphatic imine (C=N–C) groups is 1. The molecule has 1 N–H and O–H groups in total. The van der Waals surface area contributed by atoms with E-state index in [9.17, 15) is 9.36 Å². The largest absolute Gasteiger partial charge is 0.476 e. The summed E-state index contributed by atoms with van der Waals surface area (Å²) in [4.78, 5) is 17.4. The van der Waals surface area contributed by atoms with Crippen molar-refractivity contribution in [2.75, 3.05) is 6.54 Å². The first kappa shape index (κ1) is 47.1. The van der Waals surface area contributed by atoms with Crippen LogP contribution in [0.25, 0.3) is 0 Å². The molecule has 6 rings (SSSR count). The molecule has 0 spiro atoms. The van der Waals surface area contributed by atoms with Gasteiger partial charge in [0.05, 0.1) is 13.2 Å². The Morgan fingerprint density at radius 1 is 0.864 bits per heavy atom. The monoisotopic (exact) mass is 830 g/mol. The van der Waals surface area contributed by atoms with E-state index in [1.807, 2.05) is 77.1 Å². The minimum Gasteiger partial charge on any atom is -0.323 e. The minimum absolute atomic E-state index is 0.0862. The molecule has 316 valence electrons. The fourth-order valence-electron chi connectivity index (χ4n) is 7.84. The second-order valence-corrected chi connectivity index (χ2v) is 15.8. The van der Waals surface area contributed by atoms with Gasteiger partial charge in [-0.1, -0.05) is 131 Å². The summed E-state index contributed by atoms with van der Waals surface area (Å²) in [6.07, 6.45) is 0.611. The Bertz CT molecular complexity index is 1990. The molecule has 1 fully saturated rings. The first-order valence-corrected chi connectivity index (χ1v) is 22.0. The van der Waals surface area contributed by atoms with Gasteiger partial charge >= 0.3 is 14.0 Å². The highest BCUT2D eigenvalue weighted by Crippen LogP contribution is 2.64. The summed E-state index contributed by atoms with van der Waals surface area (Å²) < 4.78 is 78.6. The summed E-state index contributed by atoms with van der Waals surface area (Å²) in [5.74, 6) is -0.847. The quantitative estimate of drug-likeness (QED) is 0.0732. The van der Waals surface area contributed by atoms with E-state index < -0.39 is 43.8 Å². The molecule has 0 bridgehead atoms. The molecular formula is C48H58F3N2O5P. The van der Waals surface area contributed by atoms with Crippen molar-refractivity contribution in [2.45, 2.75) is 104 Å². The Hall–Kier alpha value is -4.60. The van der Waals surface area contributed by atoms with Crippen molar-refractivity contribution in [1.29, 1.82) is 0 Å². The van der Waals surface area contributed by atoms with Crippen LogP contribution in [0, 0.1) is 5.92 Å². The summed E-state index contributed by atoms with van der Waals surface area (Å²) in [5, 5.41) is 2.80. The van der Waals surface area contributed by atoms with Crippen molar-refractivity contribution < 1.29 is 36.1 Å². The van der Waals surface area contributed by atoms with Crippen molar-refractivity contribution in [3.8, 4) is 0 Å². The number of phosphoric acid groups is 1. The summed E-state index contributed by atoms with van der Waals surface area (Å²) >= 11 is 0. The number of carbonyl (C=O) groups excluding carboxylic acids is 1. The number of alkyl halides is 3. The zero-order valence-electron chi connectivity index (χ0n) is 34.8. The molecule has 0 radical (unpaired) electrons. The number of nitrogens with one attached hydrogen (secondary N) is 1. The summed E-state index contributed by atoms with van der Waals surface area (Å²) in [5.41, 5.74) is 1.36. The van der Waals surface area contributed by atoms with Crippen molar-refractivity contribution in [1.82, 2.24) is 5.32 Å². The van der Waals surface area contributed by atoms with Crippen LogP contribution in [-0.4, -0.2) is 30.4 Å². The van der Waals surface area contributed by atoms with Crippen LogP contribution in [0.15, 0.2) is 139 Å². The first-order chi connectivity index (χ1) is 28.4. The van der Waals surface area contributed by atoms with E-state index in [4.69, 9.17) is 13.6 Å². The number of allylic oxidation sites excluding steroid dienone is 2. The Morgan fingerprint density at radius 3 is 1.97 bits per heavy atom. The van der Waals surface area contributed by atoms with Crippen LogP contribution in [0.3, 0.4) is 0 Å². The zero-order chi connectivity index (χ0) is 42.9. The van der Waals surface area contributed by atoms with Gasteiger partial charge in [-0.05, 0) is 103 Å². The molecule has 7 nitrogen and oxygen atoms in total. The lowest BCUT2D eigenvalue weighted by atomic mass is 9.52. The van der Waals surface area contributed by atoms with E-state index in [2.05, 4.69) is 16.9 Å². The van der Waals surface area contributed by atoms with Crippen molar-refractivity contribution in [3.05, 3.63) is 167 Å². The molecule has 0 aromatic heterocycles. The van der Waals surface area contributed by atoms with E-state index in [-0.39, 0.29) is 25.5 Å². The molecule has 11 heteroatoms. The molecule has 0 aliphatic heterocycles. The molecule has 3 atom stereocenters. The lowest BCUT2D eigenvalue weighted by Gasteiger charge is -2.54. The number of fused-ring (bicyclic) bond motifs is 3. The van der Waals surface area contributed by atoms with Gasteiger partial charge in [0.25, 0.3) is 5.91 Å². The van der Waals surface area contributed by atoms with Gasteiger partial charge in [-0.2, -0.15) is 13.2 Å². The summed E-state index contributed by atoms with van der Waals surface area (Å²) in [6, 6.07) is 32.7. The normalized spacial score (nSPS) is 20.0. The standard InChI is InChI=1S/C44H46F3N2O5P.2C2H6/c1-3-48-27-13-14-33(2)49-41(50)38-22-24-40-37(28-38)21-23-39-30-43(44(45,46)47,26-25-42(39,40)29-34-15-7-4-8-16-34)54-55(51,52-31-35-17-9-5-10-18-35)53-32-36-19-11-6-12-20-36;2*1-2/h4-20,22,24,27-28,39H,2-3,21,23,25-26,29-32H2,1H3,(H,49,50);2*1-2H3/b14-13-,48-27?;;/t39-,42?,43-;;/m1../s1. The van der Waals surface area contributed by atoms with Gasteiger partial charge in [-0.15, -0.1) is 0 Å². The number of rotatable bonds is 15. The number of halogens is 3. The van der Waals surface area contributed by atoms with Crippen molar-refractivity contribution >= 4 is 19.9 Å². The van der Waals surface area contributed by atoms with Crippen molar-refractivity contribution in [2.24, 2.45) is 10.9 Å². The van der Waals surface area contributed by atoms with E-state index >= 15 is 13.2 Å². The molecule has 1 unspecified atom stereocenters. The maximum atomic E-state index is 15.6. The molecule has 4 aromatic carbocycles. The zero-order valence-corrected chi connectivity index (χ0v) is 35.7. The predicted molar refractivity (Wildman–Crippen MR) is 231 cm³/mol. The average molecular weight is 831 g/mol. The molecule has 1 amide bonds. The molecule has 1 saturated carbocycles. The number of hydrogen-bond donors (Lipinski definition) is 1. The summed E-state index contributed by atoms with van der Waals surface area (Å²) in [7, 11) is -4.81. The van der Waals surface area contributed by atoms with Gasteiger partial charge in [0.15, 0.2) is 5.60 Å². The number of benzene rings is 4. The molecule has 0 saturated heterocycles. The van der Waals surface area contributed by atoms with Crippen LogP contribution in [0.2, 0.25) is 0 Å². The highest BCUT2D eigenvalue weighted by Gasteiger charge is 2.65. The van der Waals surface area contributed by atoms with Gasteiger partial charge in [0.1, 0.15) is 0 Å². The first-order valence-electron chi connectivity index (χ1n) is 20.5. The highest BCUT2D eigenvalue weighted by molar-refractivity contribution is 7.48. The molecule has 0 heterocycles. The van der Waals surface area contributed by atoms with Gasteiger partial charge in [0.2, 0.25) is 0 Å². The fourth-order valence-corrected chi connectivity index (χ4v) is 9.33. The number of hydrogen-bond acceptors (Lipinski definition) is 6. The maximum absolute atomic E-state index is 15.6. The van der Waals surface area contributed by atoms with E-state index in [0.29, 0.717) is 48.2 Å². The Labute approximate surface area is 348 Å². The number of carbonyl (C=O) groups is 1. The molecule has 4 aromatic rings. The minimum atomic E-state index is -4.89. The molecular weight excluding hydrogens is 773 g/mol. The Balaban J connectivity index is 0.00000186. The van der Waals surface area contributed by atoms with E-state index in [1.165, 1.54) is 0 Å². The third-order valence-electron chi connectivity index (χ3n) is 10.6. The van der Waals surface area contributed by atoms with E-state index in [1.54, 1.807) is 85.1 Å². The topological polar surface area (TPSA) is 86.2 Å². The Morgan fingerprint density at radius 2 is 1.42 bits per heavy atom. The third-order valence-corrected chi connectivity index (χ3v) is 12.0. The van der Waals surface area contributed by atoms with Crippen molar-refractivity contribution in [3.63, 3.8) is 0 Å². The van der Waals surface area contributed by atoms with Gasteiger partial charge in [-0.3, -0.25) is 23.4 Å². The molecule has 2 aliphatic carbocycles. The predicted octanol–water partition coefficient (Wildman–Crippen LogP) is 12.7. The van der Waals surface area contributed by atoms with Crippen LogP contribution >= 0.6 is 7.82 Å². The van der Waals surface area contributed by atoms with Gasteiger partial charge in [-0.25, -0.2) is 4.57 Å². The highest BCUT2D eigenvalue weighted by atomic mass is 31.2. The van der Waals surface area contributed by atoms with Crippen LogP contribution in [0.1, 0.15) is 98.5 Å². The maximum Gasteiger partial charge on any atom is 0.476 e. The second kappa shape index (κ2) is 22.1. The van der Waals surface area contributed by atoms with Crippen LogP contribution in [0.4, 0.5) is 13.2 Å². The van der Waals surface area contributed by atoms with Crippen LogP contribution in [-0.2, 0) is 49.6 Å². The van der Waals surface area contributed by atoms with Crippen LogP contribution < -0.4 is 5.32 Å². The van der Waals surface area contributed by atoms with Gasteiger partial charge in [0, 0.05) is 29.4 Å². The fraction of sp³-hybridized carbons (Fsp3) is 0.375. The van der Waals surface area contributed by atoms with Gasteiger partial charge < -0.3 is 5.32 Å². The number of amides is 1. The SMILES string of the molecule is C=C(/C=C\C=NCC)NC(=O)c1ccc2c(c1)CC[C@@H]1C[C@@](OP(=O)(OCc3ccccc3)OCc3ccccc3)(C(F)(F)F)CCC21Cc1ccccc1.CC.CC. The second-order valence-electron chi connectivity index (χ2n) is 14.2. The molecule has 59 heavy (non-hydrogen) atoms. The lowest BCUT2D eigenvalue weighted by molar-refractivity contribution is -0.274. The average Bonchev–Trinajstić information content (AvgIpc) is 3.26.